The summed E-state index contributed by atoms with van der Waals surface area (Å²) in [4.78, 5) is 24.0. The highest BCUT2D eigenvalue weighted by atomic mass is 35.5. The normalized spacial score (nSPS) is 10.7. The van der Waals surface area contributed by atoms with Gasteiger partial charge in [-0.3, -0.25) is 9.59 Å². The molecule has 0 atom stereocenters. The monoisotopic (exact) mass is 330 g/mol. The van der Waals surface area contributed by atoms with E-state index in [2.05, 4.69) is 5.32 Å². The van der Waals surface area contributed by atoms with Crippen molar-refractivity contribution in [3.8, 4) is 0 Å². The molecule has 23 heavy (non-hydrogen) atoms. The number of nitrogens with one attached hydrogen (secondary N) is 1. The van der Waals surface area contributed by atoms with E-state index in [-0.39, 0.29) is 22.9 Å². The van der Waals surface area contributed by atoms with Gasteiger partial charge in [0.1, 0.15) is 12.4 Å². The number of pyridine rings is 1. The Balaban J connectivity index is 1.86. The molecule has 1 aromatic heterocycles. The van der Waals surface area contributed by atoms with E-state index < -0.39 is 5.82 Å². The molecule has 0 aliphatic carbocycles. The lowest BCUT2D eigenvalue weighted by atomic mass is 10.2. The van der Waals surface area contributed by atoms with Gasteiger partial charge >= 0.3 is 0 Å². The molecule has 4 nitrogen and oxygen atoms in total. The number of rotatable bonds is 3. The van der Waals surface area contributed by atoms with Crippen molar-refractivity contribution >= 4 is 34.1 Å². The Morgan fingerprint density at radius 1 is 1.17 bits per heavy atom. The summed E-state index contributed by atoms with van der Waals surface area (Å²) in [5.41, 5.74) is 0.905. The van der Waals surface area contributed by atoms with E-state index in [0.29, 0.717) is 16.6 Å². The van der Waals surface area contributed by atoms with Crippen LogP contribution in [0.3, 0.4) is 0 Å². The number of para-hydroxylation sites is 1. The molecule has 1 amide bonds. The van der Waals surface area contributed by atoms with Crippen LogP contribution < -0.4 is 10.7 Å². The summed E-state index contributed by atoms with van der Waals surface area (Å²) in [6.07, 6.45) is 1.57. The minimum Gasteiger partial charge on any atom is -0.338 e. The molecule has 0 unspecified atom stereocenters. The fourth-order valence-corrected chi connectivity index (χ4v) is 2.55. The van der Waals surface area contributed by atoms with Crippen molar-refractivity contribution in [2.75, 3.05) is 5.32 Å². The number of nitrogens with zero attached hydrogens (tertiary/aromatic N) is 1. The summed E-state index contributed by atoms with van der Waals surface area (Å²) in [5, 5.41) is 3.30. The van der Waals surface area contributed by atoms with Crippen LogP contribution in [0.4, 0.5) is 10.1 Å². The third-order valence-electron chi connectivity index (χ3n) is 3.40. The number of halogens is 2. The average Bonchev–Trinajstić information content (AvgIpc) is 2.53. The first kappa shape index (κ1) is 15.2. The van der Waals surface area contributed by atoms with Crippen LogP contribution >= 0.6 is 11.6 Å². The van der Waals surface area contributed by atoms with Crippen molar-refractivity contribution < 1.29 is 9.18 Å². The van der Waals surface area contributed by atoms with E-state index in [1.54, 1.807) is 35.0 Å². The van der Waals surface area contributed by atoms with E-state index in [0.717, 1.165) is 6.07 Å². The van der Waals surface area contributed by atoms with Crippen molar-refractivity contribution in [2.45, 2.75) is 6.54 Å². The third kappa shape index (κ3) is 3.24. The lowest BCUT2D eigenvalue weighted by Gasteiger charge is -2.11. The van der Waals surface area contributed by atoms with Crippen molar-refractivity contribution in [3.05, 3.63) is 75.8 Å². The Morgan fingerprint density at radius 3 is 2.74 bits per heavy atom. The van der Waals surface area contributed by atoms with Crippen LogP contribution in [0.2, 0.25) is 5.02 Å². The fraction of sp³-hybridized carbons (Fsp3) is 0.0588. The van der Waals surface area contributed by atoms with Gasteiger partial charge in [-0.15, -0.1) is 0 Å². The summed E-state index contributed by atoms with van der Waals surface area (Å²) < 4.78 is 14.7. The van der Waals surface area contributed by atoms with Gasteiger partial charge in [0.25, 0.3) is 0 Å². The van der Waals surface area contributed by atoms with Crippen molar-refractivity contribution in [1.82, 2.24) is 4.57 Å². The molecule has 3 aromatic rings. The first-order valence-corrected chi connectivity index (χ1v) is 7.25. The Morgan fingerprint density at radius 2 is 1.96 bits per heavy atom. The Labute approximate surface area is 136 Å². The lowest BCUT2D eigenvalue weighted by Crippen LogP contribution is -2.20. The van der Waals surface area contributed by atoms with Crippen LogP contribution in [-0.2, 0) is 11.3 Å². The van der Waals surface area contributed by atoms with Crippen LogP contribution in [0.5, 0.6) is 0 Å². The number of hydrogen-bond donors (Lipinski definition) is 1. The predicted molar refractivity (Wildman–Crippen MR) is 88.2 cm³/mol. The minimum absolute atomic E-state index is 0.00843. The van der Waals surface area contributed by atoms with Gasteiger partial charge in [0, 0.05) is 17.6 Å². The number of hydrogen-bond acceptors (Lipinski definition) is 2. The van der Waals surface area contributed by atoms with Crippen molar-refractivity contribution in [1.29, 1.82) is 0 Å². The maximum atomic E-state index is 13.0. The van der Waals surface area contributed by atoms with E-state index >= 15 is 0 Å². The lowest BCUT2D eigenvalue weighted by molar-refractivity contribution is -0.116. The Bertz CT molecular complexity index is 953. The quantitative estimate of drug-likeness (QED) is 0.800. The highest BCUT2D eigenvalue weighted by molar-refractivity contribution is 6.33. The van der Waals surface area contributed by atoms with Gasteiger partial charge in [0.2, 0.25) is 5.91 Å². The van der Waals surface area contributed by atoms with Gasteiger partial charge in [0.05, 0.1) is 16.2 Å². The first-order chi connectivity index (χ1) is 11.0. The topological polar surface area (TPSA) is 51.1 Å². The number of anilines is 1. The first-order valence-electron chi connectivity index (χ1n) is 6.88. The van der Waals surface area contributed by atoms with Gasteiger partial charge in [-0.05, 0) is 30.3 Å². The molecule has 0 aliphatic heterocycles. The molecule has 3 rings (SSSR count). The van der Waals surface area contributed by atoms with Gasteiger partial charge in [-0.25, -0.2) is 4.39 Å². The number of carbonyl (C=O) groups is 1. The van der Waals surface area contributed by atoms with Gasteiger partial charge < -0.3 is 9.88 Å². The largest absolute Gasteiger partial charge is 0.338 e. The highest BCUT2D eigenvalue weighted by Crippen LogP contribution is 2.22. The summed E-state index contributed by atoms with van der Waals surface area (Å²) in [6, 6.07) is 12.2. The molecule has 2 aromatic carbocycles. The zero-order chi connectivity index (χ0) is 16.4. The highest BCUT2D eigenvalue weighted by Gasteiger charge is 2.09. The molecule has 1 heterocycles. The number of carbonyl (C=O) groups excluding carboxylic acids is 1. The van der Waals surface area contributed by atoms with Gasteiger partial charge in [-0.2, -0.15) is 0 Å². The molecule has 0 saturated carbocycles. The summed E-state index contributed by atoms with van der Waals surface area (Å²) >= 11 is 5.89. The van der Waals surface area contributed by atoms with Crippen LogP contribution in [0.15, 0.2) is 59.5 Å². The molecule has 1 N–H and O–H groups in total. The number of aromatic nitrogens is 1. The standard InChI is InChI=1S/C17H12ClFN2O2/c18-13-9-11(19)5-6-14(13)20-17(23)10-21-8-7-16(22)12-3-1-2-4-15(12)21/h1-9H,10H2,(H,20,23). The van der Waals surface area contributed by atoms with E-state index in [1.807, 2.05) is 0 Å². The zero-order valence-electron chi connectivity index (χ0n) is 11.9. The predicted octanol–water partition coefficient (Wildman–Crippen LogP) is 3.43. The second-order valence-corrected chi connectivity index (χ2v) is 5.40. The van der Waals surface area contributed by atoms with E-state index in [4.69, 9.17) is 11.6 Å². The molecular formula is C17H12ClFN2O2. The smallest absolute Gasteiger partial charge is 0.244 e. The molecule has 0 fully saturated rings. The summed E-state index contributed by atoms with van der Waals surface area (Å²) in [5.74, 6) is -0.799. The molecule has 6 heteroatoms. The second kappa shape index (κ2) is 6.22. The number of benzene rings is 2. The maximum absolute atomic E-state index is 13.0. The molecular weight excluding hydrogens is 319 g/mol. The zero-order valence-corrected chi connectivity index (χ0v) is 12.7. The Kier molecular flexibility index (Phi) is 4.12. The second-order valence-electron chi connectivity index (χ2n) is 5.00. The number of amides is 1. The average molecular weight is 331 g/mol. The summed E-state index contributed by atoms with van der Waals surface area (Å²) in [7, 11) is 0. The number of fused-ring (bicyclic) bond motifs is 1. The summed E-state index contributed by atoms with van der Waals surface area (Å²) in [6.45, 7) is 0.00843. The minimum atomic E-state index is -0.473. The Hall–Kier alpha value is -2.66. The van der Waals surface area contributed by atoms with Crippen LogP contribution in [-0.4, -0.2) is 10.5 Å². The van der Waals surface area contributed by atoms with Crippen LogP contribution in [0, 0.1) is 5.82 Å². The molecule has 0 bridgehead atoms. The fourth-order valence-electron chi connectivity index (χ4n) is 2.33. The van der Waals surface area contributed by atoms with Crippen molar-refractivity contribution in [3.63, 3.8) is 0 Å². The molecule has 0 saturated heterocycles. The molecule has 0 radical (unpaired) electrons. The third-order valence-corrected chi connectivity index (χ3v) is 3.72. The molecule has 0 aliphatic rings. The maximum Gasteiger partial charge on any atom is 0.244 e. The van der Waals surface area contributed by atoms with Crippen LogP contribution in [0.25, 0.3) is 10.9 Å². The van der Waals surface area contributed by atoms with Crippen LogP contribution in [0.1, 0.15) is 0 Å². The molecule has 0 spiro atoms. The van der Waals surface area contributed by atoms with Gasteiger partial charge in [-0.1, -0.05) is 23.7 Å². The SMILES string of the molecule is O=C(Cn1ccc(=O)c2ccccc21)Nc1ccc(F)cc1Cl. The van der Waals surface area contributed by atoms with E-state index in [9.17, 15) is 14.0 Å². The van der Waals surface area contributed by atoms with Gasteiger partial charge in [0.15, 0.2) is 5.43 Å². The molecule has 116 valence electrons. The van der Waals surface area contributed by atoms with E-state index in [1.165, 1.54) is 18.2 Å². The van der Waals surface area contributed by atoms with Crippen molar-refractivity contribution in [2.24, 2.45) is 0 Å².